The quantitative estimate of drug-likeness (QED) is 0.702. The fourth-order valence-corrected chi connectivity index (χ4v) is 3.86. The van der Waals surface area contributed by atoms with Crippen LogP contribution in [-0.2, 0) is 14.8 Å². The summed E-state index contributed by atoms with van der Waals surface area (Å²) in [4.78, 5) is 17.0. The van der Waals surface area contributed by atoms with Gasteiger partial charge in [0.05, 0.1) is 23.9 Å². The third-order valence-corrected chi connectivity index (χ3v) is 5.38. The Labute approximate surface area is 155 Å². The Balaban J connectivity index is 1.62. The van der Waals surface area contributed by atoms with Crippen LogP contribution in [0, 0.1) is 6.92 Å². The lowest BCUT2D eigenvalue weighted by Crippen LogP contribution is -2.48. The average molecular weight is 387 g/mol. The topological polar surface area (TPSA) is 117 Å². The van der Waals surface area contributed by atoms with Crippen molar-refractivity contribution in [3.63, 3.8) is 0 Å². The van der Waals surface area contributed by atoms with Gasteiger partial charge in [-0.25, -0.2) is 13.4 Å². The molecule has 140 valence electrons. The highest BCUT2D eigenvalue weighted by Crippen LogP contribution is 2.34. The molecule has 0 saturated carbocycles. The smallest absolute Gasteiger partial charge is 0.268 e. The number of ether oxygens (including phenoxy) is 1. The van der Waals surface area contributed by atoms with Crippen molar-refractivity contribution >= 4 is 38.5 Å². The average Bonchev–Trinajstić information content (AvgIpc) is 3.01. The number of nitrogens with zero attached hydrogens (tertiary/aromatic N) is 3. The van der Waals surface area contributed by atoms with Gasteiger partial charge < -0.3 is 10.1 Å². The Kier molecular flexibility index (Phi) is 3.99. The van der Waals surface area contributed by atoms with Crippen molar-refractivity contribution in [2.75, 3.05) is 22.4 Å². The standard InChI is InChI=1S/C17H17N5O4S/c1-10-7-8-11-15(18-10)20-21-16(11)19-17(23)14-9-22(27(2,24)25)12-5-3-4-6-13(12)26-14/h3-8,14H,9H2,1-2H3,(H2,18,19,20,21,23). The molecule has 0 saturated heterocycles. The Morgan fingerprint density at radius 1 is 1.30 bits per heavy atom. The lowest BCUT2D eigenvalue weighted by molar-refractivity contribution is -0.122. The number of nitrogens with one attached hydrogen (secondary N) is 2. The van der Waals surface area contributed by atoms with Crippen molar-refractivity contribution in [1.82, 2.24) is 15.2 Å². The number of aryl methyl sites for hydroxylation is 1. The molecule has 3 heterocycles. The minimum absolute atomic E-state index is 0.124. The van der Waals surface area contributed by atoms with E-state index < -0.39 is 22.0 Å². The predicted octanol–water partition coefficient (Wildman–Crippen LogP) is 1.43. The first-order chi connectivity index (χ1) is 12.8. The second-order valence-electron chi connectivity index (χ2n) is 6.28. The number of pyridine rings is 1. The van der Waals surface area contributed by atoms with Gasteiger partial charge in [0.1, 0.15) is 5.75 Å². The van der Waals surface area contributed by atoms with E-state index in [2.05, 4.69) is 20.5 Å². The second-order valence-corrected chi connectivity index (χ2v) is 8.19. The van der Waals surface area contributed by atoms with Gasteiger partial charge in [0.15, 0.2) is 17.6 Å². The van der Waals surface area contributed by atoms with Gasteiger partial charge in [-0.15, -0.1) is 0 Å². The molecular weight excluding hydrogens is 370 g/mol. The molecule has 1 amide bonds. The molecule has 0 aliphatic carbocycles. The number of amides is 1. The molecule has 0 bridgehead atoms. The summed E-state index contributed by atoms with van der Waals surface area (Å²) in [5.41, 5.74) is 1.78. The molecule has 1 unspecified atom stereocenters. The summed E-state index contributed by atoms with van der Waals surface area (Å²) in [6.45, 7) is 1.73. The highest BCUT2D eigenvalue weighted by Gasteiger charge is 2.35. The lowest BCUT2D eigenvalue weighted by Gasteiger charge is -2.33. The van der Waals surface area contributed by atoms with Crippen molar-refractivity contribution in [2.45, 2.75) is 13.0 Å². The number of H-pyrrole nitrogens is 1. The van der Waals surface area contributed by atoms with Crippen LogP contribution in [0.15, 0.2) is 36.4 Å². The Morgan fingerprint density at radius 2 is 2.07 bits per heavy atom. The van der Waals surface area contributed by atoms with Crippen LogP contribution in [0.25, 0.3) is 11.0 Å². The molecule has 1 aliphatic rings. The highest BCUT2D eigenvalue weighted by atomic mass is 32.2. The summed E-state index contributed by atoms with van der Waals surface area (Å²) in [5.74, 6) is 0.154. The number of para-hydroxylation sites is 2. The van der Waals surface area contributed by atoms with E-state index in [4.69, 9.17) is 4.74 Å². The van der Waals surface area contributed by atoms with Crippen molar-refractivity contribution in [3.05, 3.63) is 42.1 Å². The number of anilines is 2. The van der Waals surface area contributed by atoms with Gasteiger partial charge in [-0.3, -0.25) is 14.2 Å². The maximum Gasteiger partial charge on any atom is 0.268 e. The van der Waals surface area contributed by atoms with Gasteiger partial charge in [-0.1, -0.05) is 12.1 Å². The van der Waals surface area contributed by atoms with E-state index in [-0.39, 0.29) is 6.54 Å². The Bertz CT molecular complexity index is 1140. The largest absolute Gasteiger partial charge is 0.476 e. The number of aromatic amines is 1. The zero-order valence-corrected chi connectivity index (χ0v) is 15.4. The fraction of sp³-hybridized carbons (Fsp3) is 0.235. The van der Waals surface area contributed by atoms with E-state index in [0.717, 1.165) is 11.9 Å². The van der Waals surface area contributed by atoms with Crippen LogP contribution in [0.2, 0.25) is 0 Å². The predicted molar refractivity (Wildman–Crippen MR) is 100 cm³/mol. The molecule has 0 radical (unpaired) electrons. The van der Waals surface area contributed by atoms with E-state index in [0.29, 0.717) is 28.3 Å². The maximum absolute atomic E-state index is 12.7. The van der Waals surface area contributed by atoms with Crippen LogP contribution in [0.4, 0.5) is 11.5 Å². The Morgan fingerprint density at radius 3 is 2.85 bits per heavy atom. The van der Waals surface area contributed by atoms with Crippen LogP contribution in [-0.4, -0.2) is 48.4 Å². The van der Waals surface area contributed by atoms with Crippen LogP contribution in [0.5, 0.6) is 5.75 Å². The highest BCUT2D eigenvalue weighted by molar-refractivity contribution is 7.92. The molecule has 10 heteroatoms. The van der Waals surface area contributed by atoms with Crippen molar-refractivity contribution < 1.29 is 17.9 Å². The zero-order valence-electron chi connectivity index (χ0n) is 14.6. The first-order valence-electron chi connectivity index (χ1n) is 8.19. The normalized spacial score (nSPS) is 16.7. The Hall–Kier alpha value is -3.14. The summed E-state index contributed by atoms with van der Waals surface area (Å²) >= 11 is 0. The number of carbonyl (C=O) groups excluding carboxylic acids is 1. The molecule has 1 aliphatic heterocycles. The molecule has 0 spiro atoms. The van der Waals surface area contributed by atoms with Gasteiger partial charge in [-0.05, 0) is 31.2 Å². The summed E-state index contributed by atoms with van der Waals surface area (Å²) in [5, 5.41) is 10.2. The molecule has 2 aromatic heterocycles. The van der Waals surface area contributed by atoms with Gasteiger partial charge >= 0.3 is 0 Å². The van der Waals surface area contributed by atoms with Crippen LogP contribution in [0.1, 0.15) is 5.69 Å². The SMILES string of the molecule is Cc1ccc2c(NC(=O)C3CN(S(C)(=O)=O)c4ccccc4O3)n[nH]c2n1. The van der Waals surface area contributed by atoms with Crippen LogP contribution < -0.4 is 14.4 Å². The molecule has 0 fully saturated rings. The van der Waals surface area contributed by atoms with E-state index in [9.17, 15) is 13.2 Å². The summed E-state index contributed by atoms with van der Waals surface area (Å²) in [6, 6.07) is 10.3. The first-order valence-corrected chi connectivity index (χ1v) is 10.0. The number of carbonyl (C=O) groups is 1. The van der Waals surface area contributed by atoms with Crippen molar-refractivity contribution in [1.29, 1.82) is 0 Å². The molecule has 3 aromatic rings. The third-order valence-electron chi connectivity index (χ3n) is 4.23. The number of aromatic nitrogens is 3. The third kappa shape index (κ3) is 3.19. The van der Waals surface area contributed by atoms with Crippen LogP contribution in [0.3, 0.4) is 0 Å². The molecule has 9 nitrogen and oxygen atoms in total. The van der Waals surface area contributed by atoms with Crippen molar-refractivity contribution in [3.8, 4) is 5.75 Å². The number of benzene rings is 1. The monoisotopic (exact) mass is 387 g/mol. The minimum atomic E-state index is -3.57. The number of hydrogen-bond acceptors (Lipinski definition) is 6. The summed E-state index contributed by atoms with van der Waals surface area (Å²) in [6.07, 6.45) is 0.0824. The van der Waals surface area contributed by atoms with Gasteiger partial charge in [-0.2, -0.15) is 5.10 Å². The zero-order chi connectivity index (χ0) is 19.2. The molecule has 1 atom stereocenters. The molecular formula is C17H17N5O4S. The number of sulfonamides is 1. The van der Waals surface area contributed by atoms with Gasteiger partial charge in [0.25, 0.3) is 5.91 Å². The first kappa shape index (κ1) is 17.3. The molecule has 2 N–H and O–H groups in total. The van der Waals surface area contributed by atoms with E-state index in [1.807, 2.05) is 13.0 Å². The fourth-order valence-electron chi connectivity index (χ4n) is 2.95. The molecule has 1 aromatic carbocycles. The number of rotatable bonds is 3. The van der Waals surface area contributed by atoms with E-state index in [1.165, 1.54) is 4.31 Å². The summed E-state index contributed by atoms with van der Waals surface area (Å²) < 4.78 is 31.2. The van der Waals surface area contributed by atoms with Gasteiger partial charge in [0.2, 0.25) is 10.0 Å². The molecule has 4 rings (SSSR count). The number of fused-ring (bicyclic) bond motifs is 2. The minimum Gasteiger partial charge on any atom is -0.476 e. The van der Waals surface area contributed by atoms with Crippen molar-refractivity contribution in [2.24, 2.45) is 0 Å². The number of hydrogen-bond donors (Lipinski definition) is 2. The van der Waals surface area contributed by atoms with Crippen LogP contribution >= 0.6 is 0 Å². The second kappa shape index (κ2) is 6.23. The lowest BCUT2D eigenvalue weighted by atomic mass is 10.2. The molecule has 27 heavy (non-hydrogen) atoms. The summed E-state index contributed by atoms with van der Waals surface area (Å²) in [7, 11) is -3.57. The maximum atomic E-state index is 12.7. The van der Waals surface area contributed by atoms with E-state index in [1.54, 1.807) is 30.3 Å². The van der Waals surface area contributed by atoms with E-state index >= 15 is 0 Å². The van der Waals surface area contributed by atoms with Gasteiger partial charge in [0, 0.05) is 5.69 Å².